The van der Waals surface area contributed by atoms with Crippen LogP contribution in [0.4, 0.5) is 25.8 Å². The van der Waals surface area contributed by atoms with Gasteiger partial charge in [0, 0.05) is 34.4 Å². The van der Waals surface area contributed by atoms with Crippen molar-refractivity contribution in [3.63, 3.8) is 0 Å². The topological polar surface area (TPSA) is 40.5 Å². The fourth-order valence-electron chi connectivity index (χ4n) is 4.54. The number of likely N-dealkylation sites (tertiary alicyclic amines) is 1. The SMILES string of the molecule is CC1C=Nc2cc(Nc3c(F)cnc4sc(C5CCCN(C)C5C)cc34)c(F)cc21. The molecule has 0 saturated carbocycles. The summed E-state index contributed by atoms with van der Waals surface area (Å²) in [4.78, 5) is 13.0. The van der Waals surface area contributed by atoms with Gasteiger partial charge in [-0.05, 0) is 57.1 Å². The maximum Gasteiger partial charge on any atom is 0.165 e. The number of piperidine rings is 1. The highest BCUT2D eigenvalue weighted by Crippen LogP contribution is 2.42. The second-order valence-electron chi connectivity index (χ2n) is 8.40. The van der Waals surface area contributed by atoms with E-state index in [0.717, 1.165) is 35.5 Å². The number of hydrogen-bond donors (Lipinski definition) is 1. The van der Waals surface area contributed by atoms with Crippen molar-refractivity contribution in [3.05, 3.63) is 46.5 Å². The number of likely N-dealkylation sites (N-methyl/N-ethyl adjacent to an activating group) is 1. The van der Waals surface area contributed by atoms with E-state index in [0.29, 0.717) is 17.3 Å². The van der Waals surface area contributed by atoms with Gasteiger partial charge in [-0.25, -0.2) is 13.8 Å². The number of hydrogen-bond acceptors (Lipinski definition) is 5. The average molecular weight is 427 g/mol. The fraction of sp³-hybridized carbons (Fsp3) is 0.391. The Kier molecular flexibility index (Phi) is 4.82. The number of halogens is 2. The van der Waals surface area contributed by atoms with Crippen LogP contribution in [0, 0.1) is 11.6 Å². The summed E-state index contributed by atoms with van der Waals surface area (Å²) in [6.07, 6.45) is 5.27. The third-order valence-electron chi connectivity index (χ3n) is 6.51. The van der Waals surface area contributed by atoms with Gasteiger partial charge in [0.15, 0.2) is 5.82 Å². The maximum atomic E-state index is 14.8. The molecular formula is C23H24F2N4S. The van der Waals surface area contributed by atoms with Crippen molar-refractivity contribution in [2.75, 3.05) is 18.9 Å². The zero-order valence-electron chi connectivity index (χ0n) is 17.2. The molecule has 1 saturated heterocycles. The van der Waals surface area contributed by atoms with Gasteiger partial charge in [0.1, 0.15) is 10.6 Å². The summed E-state index contributed by atoms with van der Waals surface area (Å²) in [6.45, 7) is 5.31. The molecule has 1 N–H and O–H groups in total. The van der Waals surface area contributed by atoms with Crippen LogP contribution in [-0.2, 0) is 0 Å². The summed E-state index contributed by atoms with van der Waals surface area (Å²) in [5.74, 6) is -0.416. The van der Waals surface area contributed by atoms with E-state index in [1.54, 1.807) is 23.6 Å². The van der Waals surface area contributed by atoms with Gasteiger partial charge in [-0.3, -0.25) is 4.99 Å². The van der Waals surface area contributed by atoms with Crippen LogP contribution in [0.5, 0.6) is 0 Å². The first-order chi connectivity index (χ1) is 14.4. The van der Waals surface area contributed by atoms with Crippen LogP contribution in [0.3, 0.4) is 0 Å². The largest absolute Gasteiger partial charge is 0.350 e. The molecular weight excluding hydrogens is 402 g/mol. The lowest BCUT2D eigenvalue weighted by Crippen LogP contribution is -2.38. The van der Waals surface area contributed by atoms with E-state index in [4.69, 9.17) is 0 Å². The van der Waals surface area contributed by atoms with E-state index >= 15 is 0 Å². The highest BCUT2D eigenvalue weighted by Gasteiger charge is 2.29. The number of pyridine rings is 1. The number of benzene rings is 1. The van der Waals surface area contributed by atoms with Crippen LogP contribution < -0.4 is 5.32 Å². The Balaban J connectivity index is 1.54. The molecule has 0 spiro atoms. The van der Waals surface area contributed by atoms with Gasteiger partial charge in [-0.2, -0.15) is 0 Å². The monoisotopic (exact) mass is 426 g/mol. The minimum atomic E-state index is -0.488. The molecule has 5 rings (SSSR count). The molecule has 156 valence electrons. The molecule has 2 aliphatic rings. The highest BCUT2D eigenvalue weighted by atomic mass is 32.1. The molecule has 4 nitrogen and oxygen atoms in total. The van der Waals surface area contributed by atoms with Gasteiger partial charge in [0.25, 0.3) is 0 Å². The maximum absolute atomic E-state index is 14.8. The molecule has 2 aromatic heterocycles. The van der Waals surface area contributed by atoms with E-state index in [9.17, 15) is 8.78 Å². The van der Waals surface area contributed by atoms with Crippen LogP contribution in [0.15, 0.2) is 29.4 Å². The Bertz CT molecular complexity index is 1160. The Hall–Kier alpha value is -2.38. The summed E-state index contributed by atoms with van der Waals surface area (Å²) in [6, 6.07) is 5.60. The van der Waals surface area contributed by atoms with Crippen molar-refractivity contribution in [2.24, 2.45) is 4.99 Å². The molecule has 2 aliphatic heterocycles. The van der Waals surface area contributed by atoms with Crippen LogP contribution >= 0.6 is 11.3 Å². The summed E-state index contributed by atoms with van der Waals surface area (Å²) in [7, 11) is 2.15. The molecule has 0 radical (unpaired) electrons. The third kappa shape index (κ3) is 3.20. The lowest BCUT2D eigenvalue weighted by molar-refractivity contribution is 0.176. The predicted molar refractivity (Wildman–Crippen MR) is 120 cm³/mol. The van der Waals surface area contributed by atoms with Crippen molar-refractivity contribution in [1.29, 1.82) is 0 Å². The normalized spacial score (nSPS) is 23.8. The lowest BCUT2D eigenvalue weighted by Gasteiger charge is -2.36. The minimum Gasteiger partial charge on any atom is -0.350 e. The molecule has 7 heteroatoms. The summed E-state index contributed by atoms with van der Waals surface area (Å²) in [5.41, 5.74) is 2.08. The first-order valence-electron chi connectivity index (χ1n) is 10.3. The summed E-state index contributed by atoms with van der Waals surface area (Å²) in [5, 5.41) is 3.70. The number of aliphatic imine (C=N–C) groups is 1. The number of rotatable bonds is 3. The van der Waals surface area contributed by atoms with Crippen molar-refractivity contribution in [2.45, 2.75) is 44.6 Å². The van der Waals surface area contributed by atoms with Gasteiger partial charge in [-0.15, -0.1) is 11.3 Å². The van der Waals surface area contributed by atoms with Crippen LogP contribution in [0.25, 0.3) is 10.2 Å². The second-order valence-corrected chi connectivity index (χ2v) is 9.46. The number of nitrogens with zero attached hydrogens (tertiary/aromatic N) is 3. The summed E-state index contributed by atoms with van der Waals surface area (Å²) >= 11 is 1.61. The Morgan fingerprint density at radius 1 is 1.17 bits per heavy atom. The zero-order valence-corrected chi connectivity index (χ0v) is 18.1. The van der Waals surface area contributed by atoms with E-state index in [2.05, 4.69) is 34.2 Å². The molecule has 1 fully saturated rings. The van der Waals surface area contributed by atoms with Crippen LogP contribution in [-0.4, -0.2) is 35.7 Å². The molecule has 4 heterocycles. The number of fused-ring (bicyclic) bond motifs is 2. The first kappa shape index (κ1) is 19.6. The molecule has 3 aromatic rings. The molecule has 1 aromatic carbocycles. The first-order valence-corrected chi connectivity index (χ1v) is 11.2. The Morgan fingerprint density at radius 3 is 2.83 bits per heavy atom. The number of thiophene rings is 1. The van der Waals surface area contributed by atoms with Crippen LogP contribution in [0.2, 0.25) is 0 Å². The van der Waals surface area contributed by atoms with Crippen LogP contribution in [0.1, 0.15) is 49.0 Å². The number of nitrogens with one attached hydrogen (secondary N) is 1. The Labute approximate surface area is 178 Å². The molecule has 0 bridgehead atoms. The van der Waals surface area contributed by atoms with E-state index < -0.39 is 11.6 Å². The molecule has 3 unspecified atom stereocenters. The standard InChI is InChI=1S/C23H24F2N4S/c1-12-10-26-19-9-20(17(24)7-15(12)19)28-22-16-8-21(30-23(16)27-11-18(22)25)14-5-4-6-29(3)13(14)2/h7-14H,4-6H2,1-3H3,(H,27,28). The van der Waals surface area contributed by atoms with E-state index in [-0.39, 0.29) is 17.3 Å². The van der Waals surface area contributed by atoms with Gasteiger partial charge in [-0.1, -0.05) is 6.92 Å². The highest BCUT2D eigenvalue weighted by molar-refractivity contribution is 7.18. The minimum absolute atomic E-state index is 0.0861. The molecule has 30 heavy (non-hydrogen) atoms. The van der Waals surface area contributed by atoms with Crippen molar-refractivity contribution >= 4 is 44.8 Å². The summed E-state index contributed by atoms with van der Waals surface area (Å²) < 4.78 is 29.5. The van der Waals surface area contributed by atoms with Crippen molar-refractivity contribution < 1.29 is 8.78 Å². The molecule has 0 amide bonds. The van der Waals surface area contributed by atoms with Gasteiger partial charge in [0.05, 0.1) is 23.3 Å². The smallest absolute Gasteiger partial charge is 0.165 e. The quantitative estimate of drug-likeness (QED) is 0.532. The van der Waals surface area contributed by atoms with Crippen molar-refractivity contribution in [1.82, 2.24) is 9.88 Å². The zero-order chi connectivity index (χ0) is 21.0. The number of anilines is 2. The Morgan fingerprint density at radius 2 is 2.00 bits per heavy atom. The number of aromatic nitrogens is 1. The van der Waals surface area contributed by atoms with Crippen molar-refractivity contribution in [3.8, 4) is 0 Å². The lowest BCUT2D eigenvalue weighted by atomic mass is 9.89. The van der Waals surface area contributed by atoms with E-state index in [1.165, 1.54) is 17.1 Å². The van der Waals surface area contributed by atoms with E-state index in [1.807, 2.05) is 13.0 Å². The second kappa shape index (κ2) is 7.39. The predicted octanol–water partition coefficient (Wildman–Crippen LogP) is 6.34. The molecule has 3 atom stereocenters. The average Bonchev–Trinajstić information content (AvgIpc) is 3.30. The third-order valence-corrected chi connectivity index (χ3v) is 7.68. The fourth-order valence-corrected chi connectivity index (χ4v) is 5.79. The van der Waals surface area contributed by atoms with Gasteiger partial charge < -0.3 is 10.2 Å². The molecule has 0 aliphatic carbocycles. The van der Waals surface area contributed by atoms with Gasteiger partial charge >= 0.3 is 0 Å². The van der Waals surface area contributed by atoms with Gasteiger partial charge in [0.2, 0.25) is 0 Å².